The molecule has 0 aliphatic carbocycles. The Hall–Kier alpha value is -1.59. The van der Waals surface area contributed by atoms with Gasteiger partial charge >= 0.3 is 0 Å². The van der Waals surface area contributed by atoms with Gasteiger partial charge in [-0.3, -0.25) is 14.5 Å². The molecular formula is C18H28ClN3O2. The average Bonchev–Trinajstić information content (AvgIpc) is 2.55. The lowest BCUT2D eigenvalue weighted by Crippen LogP contribution is -2.51. The molecule has 0 atom stereocenters. The molecule has 5 nitrogen and oxygen atoms in total. The van der Waals surface area contributed by atoms with Crippen LogP contribution >= 0.6 is 12.4 Å². The van der Waals surface area contributed by atoms with E-state index in [1.54, 1.807) is 24.3 Å². The standard InChI is InChI=1S/C18H27N3O2.ClH/c1-4-17(5-2)20-9-11-21(12-10-20)18(23)15-7-6-8-16(13-15)19-14(3)22;/h6-8,13,17H,4-5,9-12H2,1-3H3,(H,19,22);1H. The smallest absolute Gasteiger partial charge is 0.254 e. The van der Waals surface area contributed by atoms with E-state index < -0.39 is 0 Å². The molecule has 0 bridgehead atoms. The van der Waals surface area contributed by atoms with Crippen LogP contribution in [0.4, 0.5) is 5.69 Å². The lowest BCUT2D eigenvalue weighted by atomic mass is 10.1. The largest absolute Gasteiger partial charge is 0.336 e. The summed E-state index contributed by atoms with van der Waals surface area (Å²) in [4.78, 5) is 28.2. The van der Waals surface area contributed by atoms with Crippen molar-refractivity contribution in [2.45, 2.75) is 39.7 Å². The third-order valence-corrected chi connectivity index (χ3v) is 4.49. The molecule has 2 rings (SSSR count). The van der Waals surface area contributed by atoms with E-state index in [1.165, 1.54) is 6.92 Å². The second-order valence-corrected chi connectivity index (χ2v) is 6.06. The van der Waals surface area contributed by atoms with Gasteiger partial charge in [0.15, 0.2) is 0 Å². The number of halogens is 1. The first-order chi connectivity index (χ1) is 11.0. The van der Waals surface area contributed by atoms with Crippen molar-refractivity contribution in [2.24, 2.45) is 0 Å². The van der Waals surface area contributed by atoms with Crippen LogP contribution in [-0.2, 0) is 4.79 Å². The number of hydrogen-bond donors (Lipinski definition) is 1. The highest BCUT2D eigenvalue weighted by Crippen LogP contribution is 2.16. The van der Waals surface area contributed by atoms with Gasteiger partial charge in [-0.15, -0.1) is 12.4 Å². The molecule has 0 radical (unpaired) electrons. The number of anilines is 1. The van der Waals surface area contributed by atoms with E-state index in [0.29, 0.717) is 17.3 Å². The molecule has 1 N–H and O–H groups in total. The fourth-order valence-electron chi connectivity index (χ4n) is 3.21. The van der Waals surface area contributed by atoms with Crippen LogP contribution in [0.15, 0.2) is 24.3 Å². The number of benzene rings is 1. The first-order valence-electron chi connectivity index (χ1n) is 8.46. The summed E-state index contributed by atoms with van der Waals surface area (Å²) in [6.45, 7) is 9.30. The van der Waals surface area contributed by atoms with E-state index in [9.17, 15) is 9.59 Å². The molecule has 6 heteroatoms. The minimum atomic E-state index is -0.131. The van der Waals surface area contributed by atoms with Crippen molar-refractivity contribution in [3.05, 3.63) is 29.8 Å². The van der Waals surface area contributed by atoms with Gasteiger partial charge in [-0.1, -0.05) is 19.9 Å². The summed E-state index contributed by atoms with van der Waals surface area (Å²) in [5.41, 5.74) is 1.30. The average molecular weight is 354 g/mol. The molecule has 1 heterocycles. The van der Waals surface area contributed by atoms with Gasteiger partial charge in [0.25, 0.3) is 5.91 Å². The number of hydrogen-bond acceptors (Lipinski definition) is 3. The van der Waals surface area contributed by atoms with Gasteiger partial charge in [-0.25, -0.2) is 0 Å². The third-order valence-electron chi connectivity index (χ3n) is 4.49. The lowest BCUT2D eigenvalue weighted by Gasteiger charge is -2.38. The van der Waals surface area contributed by atoms with E-state index in [4.69, 9.17) is 0 Å². The van der Waals surface area contributed by atoms with Crippen molar-refractivity contribution in [1.82, 2.24) is 9.80 Å². The van der Waals surface area contributed by atoms with Gasteiger partial charge < -0.3 is 10.2 Å². The Bertz CT molecular complexity index is 553. The Labute approximate surface area is 150 Å². The van der Waals surface area contributed by atoms with Crippen LogP contribution in [0.1, 0.15) is 44.0 Å². The summed E-state index contributed by atoms with van der Waals surface area (Å²) in [5, 5.41) is 2.72. The zero-order chi connectivity index (χ0) is 16.8. The normalized spacial score (nSPS) is 15.1. The Morgan fingerprint density at radius 2 is 1.75 bits per heavy atom. The minimum Gasteiger partial charge on any atom is -0.336 e. The van der Waals surface area contributed by atoms with Crippen LogP contribution in [0.3, 0.4) is 0 Å². The summed E-state index contributed by atoms with van der Waals surface area (Å²) < 4.78 is 0. The predicted octanol–water partition coefficient (Wildman–Crippen LogP) is 3.01. The van der Waals surface area contributed by atoms with Crippen molar-refractivity contribution >= 4 is 29.9 Å². The van der Waals surface area contributed by atoms with Crippen LogP contribution in [0.2, 0.25) is 0 Å². The summed E-state index contributed by atoms with van der Waals surface area (Å²) in [6.07, 6.45) is 2.31. The highest BCUT2D eigenvalue weighted by atomic mass is 35.5. The van der Waals surface area contributed by atoms with E-state index in [0.717, 1.165) is 39.0 Å². The number of carbonyl (C=O) groups is 2. The number of nitrogens with one attached hydrogen (secondary N) is 1. The molecular weight excluding hydrogens is 326 g/mol. The van der Waals surface area contributed by atoms with E-state index in [1.807, 2.05) is 4.90 Å². The molecule has 0 aromatic heterocycles. The lowest BCUT2D eigenvalue weighted by molar-refractivity contribution is -0.114. The Morgan fingerprint density at radius 3 is 2.29 bits per heavy atom. The Balaban J connectivity index is 0.00000288. The molecule has 1 aliphatic heterocycles. The Kier molecular flexibility index (Phi) is 8.22. The Morgan fingerprint density at radius 1 is 1.12 bits per heavy atom. The second kappa shape index (κ2) is 9.64. The molecule has 1 fully saturated rings. The molecule has 1 aromatic carbocycles. The number of carbonyl (C=O) groups excluding carboxylic acids is 2. The van der Waals surface area contributed by atoms with Gasteiger partial charge in [-0.2, -0.15) is 0 Å². The van der Waals surface area contributed by atoms with Crippen molar-refractivity contribution in [1.29, 1.82) is 0 Å². The quantitative estimate of drug-likeness (QED) is 0.885. The highest BCUT2D eigenvalue weighted by molar-refractivity contribution is 5.96. The summed E-state index contributed by atoms with van der Waals surface area (Å²) in [5.74, 6) is -0.0882. The van der Waals surface area contributed by atoms with E-state index in [2.05, 4.69) is 24.1 Å². The minimum absolute atomic E-state index is 0. The van der Waals surface area contributed by atoms with Crippen LogP contribution < -0.4 is 5.32 Å². The van der Waals surface area contributed by atoms with E-state index >= 15 is 0 Å². The van der Waals surface area contributed by atoms with Crippen molar-refractivity contribution < 1.29 is 9.59 Å². The van der Waals surface area contributed by atoms with Gasteiger partial charge in [-0.05, 0) is 31.0 Å². The number of rotatable bonds is 5. The molecule has 134 valence electrons. The first kappa shape index (κ1) is 20.5. The van der Waals surface area contributed by atoms with Crippen molar-refractivity contribution in [2.75, 3.05) is 31.5 Å². The fraction of sp³-hybridized carbons (Fsp3) is 0.556. The molecule has 1 aliphatic rings. The van der Waals surface area contributed by atoms with Gasteiger partial charge in [0.05, 0.1) is 0 Å². The molecule has 24 heavy (non-hydrogen) atoms. The molecule has 0 saturated carbocycles. The van der Waals surface area contributed by atoms with Crippen LogP contribution in [0.5, 0.6) is 0 Å². The topological polar surface area (TPSA) is 52.6 Å². The van der Waals surface area contributed by atoms with Crippen LogP contribution in [0, 0.1) is 0 Å². The monoisotopic (exact) mass is 353 g/mol. The maximum Gasteiger partial charge on any atom is 0.254 e. The maximum absolute atomic E-state index is 12.6. The van der Waals surface area contributed by atoms with Crippen molar-refractivity contribution in [3.8, 4) is 0 Å². The number of piperazine rings is 1. The number of amides is 2. The van der Waals surface area contributed by atoms with Gasteiger partial charge in [0.1, 0.15) is 0 Å². The molecule has 0 spiro atoms. The predicted molar refractivity (Wildman–Crippen MR) is 99.8 cm³/mol. The SMILES string of the molecule is CCC(CC)N1CCN(C(=O)c2cccc(NC(C)=O)c2)CC1.Cl. The summed E-state index contributed by atoms with van der Waals surface area (Å²) in [7, 11) is 0. The zero-order valence-corrected chi connectivity index (χ0v) is 15.6. The first-order valence-corrected chi connectivity index (χ1v) is 8.46. The van der Waals surface area contributed by atoms with Crippen molar-refractivity contribution in [3.63, 3.8) is 0 Å². The van der Waals surface area contributed by atoms with Gasteiger partial charge in [0.2, 0.25) is 5.91 Å². The summed E-state index contributed by atoms with van der Waals surface area (Å²) >= 11 is 0. The second-order valence-electron chi connectivity index (χ2n) is 6.06. The maximum atomic E-state index is 12.6. The summed E-state index contributed by atoms with van der Waals surface area (Å²) in [6, 6.07) is 7.77. The van der Waals surface area contributed by atoms with Crippen LogP contribution in [0.25, 0.3) is 0 Å². The van der Waals surface area contributed by atoms with E-state index in [-0.39, 0.29) is 24.2 Å². The molecule has 1 aromatic rings. The molecule has 0 unspecified atom stereocenters. The van der Waals surface area contributed by atoms with Crippen LogP contribution in [-0.4, -0.2) is 53.8 Å². The highest BCUT2D eigenvalue weighted by Gasteiger charge is 2.25. The fourth-order valence-corrected chi connectivity index (χ4v) is 3.21. The number of nitrogens with zero attached hydrogens (tertiary/aromatic N) is 2. The zero-order valence-electron chi connectivity index (χ0n) is 14.7. The molecule has 2 amide bonds. The third kappa shape index (κ3) is 5.21. The van der Waals surface area contributed by atoms with Gasteiger partial charge in [0, 0.05) is 50.4 Å². The molecule has 1 saturated heterocycles.